The molecular weight excluding hydrogens is 362 g/mol. The summed E-state index contributed by atoms with van der Waals surface area (Å²) >= 11 is 0. The Hall–Kier alpha value is -3.03. The van der Waals surface area contributed by atoms with Crippen molar-refractivity contribution < 1.29 is 13.2 Å². The number of rotatable bonds is 6. The third kappa shape index (κ3) is 4.39. The molecule has 0 bridgehead atoms. The molecule has 1 atom stereocenters. The smallest absolute Gasteiger partial charge is 0.251 e. The van der Waals surface area contributed by atoms with Gasteiger partial charge in [-0.15, -0.1) is 0 Å². The highest BCUT2D eigenvalue weighted by molar-refractivity contribution is 7.89. The zero-order valence-corrected chi connectivity index (χ0v) is 15.5. The lowest BCUT2D eigenvalue weighted by Gasteiger charge is -2.20. The van der Waals surface area contributed by atoms with Gasteiger partial charge in [0.25, 0.3) is 5.91 Å². The molecule has 27 heavy (non-hydrogen) atoms. The molecule has 6 nitrogen and oxygen atoms in total. The Balaban J connectivity index is 1.94. The van der Waals surface area contributed by atoms with E-state index in [0.29, 0.717) is 5.56 Å². The predicted octanol–water partition coefficient (Wildman–Crippen LogP) is 2.51. The highest BCUT2D eigenvalue weighted by atomic mass is 32.2. The third-order valence-corrected chi connectivity index (χ3v) is 5.54. The maximum absolute atomic E-state index is 12.9. The Morgan fingerprint density at radius 1 is 0.889 bits per heavy atom. The van der Waals surface area contributed by atoms with E-state index < -0.39 is 16.1 Å². The Morgan fingerprint density at radius 3 is 2.07 bits per heavy atom. The number of carbonyl (C=O) groups is 1. The van der Waals surface area contributed by atoms with Gasteiger partial charge in [-0.1, -0.05) is 30.3 Å². The summed E-state index contributed by atoms with van der Waals surface area (Å²) in [7, 11) is -2.29. The Bertz CT molecular complexity index is 966. The summed E-state index contributed by atoms with van der Waals surface area (Å²) in [6.45, 7) is 0. The van der Waals surface area contributed by atoms with Gasteiger partial charge >= 0.3 is 0 Å². The number of nitrogens with one attached hydrogen (secondary N) is 2. The number of pyridine rings is 1. The number of hydrogen-bond donors (Lipinski definition) is 2. The first-order valence-electron chi connectivity index (χ1n) is 8.30. The van der Waals surface area contributed by atoms with Gasteiger partial charge in [-0.25, -0.2) is 8.42 Å². The molecule has 0 radical (unpaired) electrons. The molecule has 138 valence electrons. The predicted molar refractivity (Wildman–Crippen MR) is 103 cm³/mol. The second-order valence-corrected chi connectivity index (χ2v) is 7.56. The zero-order valence-electron chi connectivity index (χ0n) is 14.7. The highest BCUT2D eigenvalue weighted by Crippen LogP contribution is 2.24. The summed E-state index contributed by atoms with van der Waals surface area (Å²) in [6.07, 6.45) is 3.25. The minimum absolute atomic E-state index is 0.0881. The van der Waals surface area contributed by atoms with Gasteiger partial charge in [-0.05, 0) is 47.5 Å². The van der Waals surface area contributed by atoms with Crippen LogP contribution in [-0.2, 0) is 10.0 Å². The number of aromatic nitrogens is 1. The van der Waals surface area contributed by atoms with Crippen LogP contribution in [-0.4, -0.2) is 26.4 Å². The number of amides is 1. The van der Waals surface area contributed by atoms with Gasteiger partial charge in [0.15, 0.2) is 0 Å². The first-order chi connectivity index (χ1) is 13.0. The summed E-state index contributed by atoms with van der Waals surface area (Å²) in [5.41, 5.74) is 1.99. The van der Waals surface area contributed by atoms with Crippen molar-refractivity contribution in [3.63, 3.8) is 0 Å². The van der Waals surface area contributed by atoms with Crippen LogP contribution in [0, 0.1) is 0 Å². The average molecular weight is 381 g/mol. The van der Waals surface area contributed by atoms with Gasteiger partial charge in [-0.3, -0.25) is 9.78 Å². The number of carbonyl (C=O) groups excluding carboxylic acids is 1. The Labute approximate surface area is 158 Å². The van der Waals surface area contributed by atoms with Crippen molar-refractivity contribution in [3.05, 3.63) is 95.8 Å². The molecule has 0 saturated heterocycles. The molecule has 1 unspecified atom stereocenters. The van der Waals surface area contributed by atoms with Crippen molar-refractivity contribution in [1.82, 2.24) is 15.0 Å². The molecule has 1 amide bonds. The van der Waals surface area contributed by atoms with Crippen molar-refractivity contribution in [2.75, 3.05) is 7.05 Å². The lowest BCUT2D eigenvalue weighted by atomic mass is 10.0. The summed E-state index contributed by atoms with van der Waals surface area (Å²) in [6, 6.07) is 18.1. The molecule has 2 aromatic carbocycles. The lowest BCUT2D eigenvalue weighted by Crippen LogP contribution is -2.29. The third-order valence-electron chi connectivity index (χ3n) is 4.10. The van der Waals surface area contributed by atoms with Crippen molar-refractivity contribution in [2.45, 2.75) is 10.9 Å². The SMILES string of the molecule is CNC(=O)c1ccc(S(=O)(=O)NC(c2ccccc2)c2ccncc2)cc1. The fraction of sp³-hybridized carbons (Fsp3) is 0.100. The summed E-state index contributed by atoms with van der Waals surface area (Å²) < 4.78 is 28.6. The van der Waals surface area contributed by atoms with Gasteiger partial charge in [0.1, 0.15) is 0 Å². The molecule has 3 aromatic rings. The van der Waals surface area contributed by atoms with Gasteiger partial charge < -0.3 is 5.32 Å². The molecule has 0 saturated carbocycles. The standard InChI is InChI=1S/C20H19N3O3S/c1-21-20(24)17-7-9-18(10-8-17)27(25,26)23-19(15-5-3-2-4-6-15)16-11-13-22-14-12-16/h2-14,19,23H,1H3,(H,21,24). The molecule has 2 N–H and O–H groups in total. The molecule has 0 aliphatic heterocycles. The van der Waals surface area contributed by atoms with Crippen molar-refractivity contribution in [3.8, 4) is 0 Å². The van der Waals surface area contributed by atoms with Gasteiger partial charge in [0, 0.05) is 25.0 Å². The number of benzene rings is 2. The molecule has 1 heterocycles. The quantitative estimate of drug-likeness (QED) is 0.687. The van der Waals surface area contributed by atoms with Gasteiger partial charge in [0.05, 0.1) is 10.9 Å². The number of nitrogens with zero attached hydrogens (tertiary/aromatic N) is 1. The fourth-order valence-electron chi connectivity index (χ4n) is 2.68. The second-order valence-electron chi connectivity index (χ2n) is 5.85. The maximum Gasteiger partial charge on any atom is 0.251 e. The summed E-state index contributed by atoms with van der Waals surface area (Å²) in [5, 5.41) is 2.50. The van der Waals surface area contributed by atoms with E-state index in [0.717, 1.165) is 11.1 Å². The van der Waals surface area contributed by atoms with Gasteiger partial charge in [-0.2, -0.15) is 4.72 Å². The minimum atomic E-state index is -3.81. The van der Waals surface area contributed by atoms with Crippen LogP contribution >= 0.6 is 0 Å². The van der Waals surface area contributed by atoms with Crippen LogP contribution in [0.25, 0.3) is 0 Å². The van der Waals surface area contributed by atoms with Crippen LogP contribution in [0.15, 0.2) is 84.0 Å². The molecule has 0 fully saturated rings. The molecule has 0 aliphatic rings. The Morgan fingerprint density at radius 2 is 1.48 bits per heavy atom. The van der Waals surface area contributed by atoms with Crippen LogP contribution < -0.4 is 10.0 Å². The van der Waals surface area contributed by atoms with E-state index in [2.05, 4.69) is 15.0 Å². The summed E-state index contributed by atoms with van der Waals surface area (Å²) in [4.78, 5) is 15.7. The van der Waals surface area contributed by atoms with Crippen LogP contribution in [0.5, 0.6) is 0 Å². The largest absolute Gasteiger partial charge is 0.355 e. The van der Waals surface area contributed by atoms with E-state index in [1.807, 2.05) is 30.3 Å². The molecule has 0 spiro atoms. The highest BCUT2D eigenvalue weighted by Gasteiger charge is 2.23. The van der Waals surface area contributed by atoms with E-state index in [9.17, 15) is 13.2 Å². The fourth-order valence-corrected chi connectivity index (χ4v) is 3.90. The molecule has 1 aromatic heterocycles. The first-order valence-corrected chi connectivity index (χ1v) is 9.79. The molecule has 0 aliphatic carbocycles. The Kier molecular flexibility index (Phi) is 5.63. The van der Waals surface area contributed by atoms with Crippen LogP contribution in [0.4, 0.5) is 0 Å². The number of sulfonamides is 1. The first kappa shape index (κ1) is 18.8. The average Bonchev–Trinajstić information content (AvgIpc) is 2.73. The second kappa shape index (κ2) is 8.11. The molecular formula is C20H19N3O3S. The number of hydrogen-bond acceptors (Lipinski definition) is 4. The van der Waals surface area contributed by atoms with Crippen molar-refractivity contribution >= 4 is 15.9 Å². The van der Waals surface area contributed by atoms with Crippen LogP contribution in [0.1, 0.15) is 27.5 Å². The van der Waals surface area contributed by atoms with E-state index in [1.54, 1.807) is 24.5 Å². The molecule has 7 heteroatoms. The van der Waals surface area contributed by atoms with Crippen LogP contribution in [0.2, 0.25) is 0 Å². The van der Waals surface area contributed by atoms with Crippen LogP contribution in [0.3, 0.4) is 0 Å². The zero-order chi connectivity index (χ0) is 19.3. The van der Waals surface area contributed by atoms with Gasteiger partial charge in [0.2, 0.25) is 10.0 Å². The van der Waals surface area contributed by atoms with Crippen molar-refractivity contribution in [2.24, 2.45) is 0 Å². The van der Waals surface area contributed by atoms with E-state index >= 15 is 0 Å². The monoisotopic (exact) mass is 381 g/mol. The topological polar surface area (TPSA) is 88.2 Å². The van der Waals surface area contributed by atoms with E-state index in [4.69, 9.17) is 0 Å². The molecule has 3 rings (SSSR count). The van der Waals surface area contributed by atoms with E-state index in [1.165, 1.54) is 31.3 Å². The summed E-state index contributed by atoms with van der Waals surface area (Å²) in [5.74, 6) is -0.272. The normalized spacial score (nSPS) is 12.3. The maximum atomic E-state index is 12.9. The minimum Gasteiger partial charge on any atom is -0.355 e. The van der Waals surface area contributed by atoms with Crippen molar-refractivity contribution in [1.29, 1.82) is 0 Å². The van der Waals surface area contributed by atoms with E-state index in [-0.39, 0.29) is 10.8 Å². The lowest BCUT2D eigenvalue weighted by molar-refractivity contribution is 0.0963.